The van der Waals surface area contributed by atoms with E-state index >= 15 is 0 Å². The van der Waals surface area contributed by atoms with Crippen molar-refractivity contribution in [1.82, 2.24) is 4.90 Å². The first kappa shape index (κ1) is 29.2. The molecule has 0 aliphatic rings. The van der Waals surface area contributed by atoms with Crippen LogP contribution in [0, 0.1) is 6.92 Å². The molecule has 0 amide bonds. The van der Waals surface area contributed by atoms with Crippen LogP contribution in [-0.4, -0.2) is 22.3 Å². The minimum atomic E-state index is -0.458. The fraction of sp³-hybridized carbons (Fsp3) is 0.208. The normalized spacial score (nSPS) is 9.47. The third kappa shape index (κ3) is 9.11. The molecular formula is C24H27ClNPPdS2. The van der Waals surface area contributed by atoms with E-state index < -0.39 is 7.92 Å². The van der Waals surface area contributed by atoms with Gasteiger partial charge in [-0.25, -0.2) is 0 Å². The molecule has 3 aromatic rings. The van der Waals surface area contributed by atoms with Crippen molar-refractivity contribution >= 4 is 53.0 Å². The van der Waals surface area contributed by atoms with Crippen LogP contribution in [0.3, 0.4) is 0 Å². The quantitative estimate of drug-likeness (QED) is 0.201. The van der Waals surface area contributed by atoms with E-state index in [9.17, 15) is 0 Å². The first-order valence-electron chi connectivity index (χ1n) is 9.49. The molecule has 0 radical (unpaired) electrons. The van der Waals surface area contributed by atoms with Gasteiger partial charge in [0.25, 0.3) is 0 Å². The van der Waals surface area contributed by atoms with Crippen molar-refractivity contribution in [2.24, 2.45) is 0 Å². The van der Waals surface area contributed by atoms with Crippen LogP contribution < -0.4 is 28.3 Å². The third-order valence-corrected chi connectivity index (χ3v) is 7.30. The van der Waals surface area contributed by atoms with Crippen LogP contribution in [0.25, 0.3) is 0 Å². The molecule has 3 rings (SSSR count). The molecule has 0 aromatic heterocycles. The molecule has 162 valence electrons. The summed E-state index contributed by atoms with van der Waals surface area (Å²) < 4.78 is 0.579. The van der Waals surface area contributed by atoms with Crippen LogP contribution in [-0.2, 0) is 33.1 Å². The predicted octanol–water partition coefficient (Wildman–Crippen LogP) is 1.91. The number of benzene rings is 3. The summed E-state index contributed by atoms with van der Waals surface area (Å²) in [5.74, 6) is 0. The van der Waals surface area contributed by atoms with Crippen molar-refractivity contribution in [3.8, 4) is 0 Å². The molecule has 0 unspecified atom stereocenters. The van der Waals surface area contributed by atoms with Crippen LogP contribution in [0.2, 0.25) is 0 Å². The van der Waals surface area contributed by atoms with E-state index in [0.717, 1.165) is 13.1 Å². The summed E-state index contributed by atoms with van der Waals surface area (Å²) >= 11 is 9.51. The first-order valence-corrected chi connectivity index (χ1v) is 11.7. The second-order valence-electron chi connectivity index (χ2n) is 6.28. The smallest absolute Gasteiger partial charge is 1.00 e. The summed E-state index contributed by atoms with van der Waals surface area (Å²) in [5.41, 5.74) is 1.31. The second kappa shape index (κ2) is 15.9. The van der Waals surface area contributed by atoms with Crippen molar-refractivity contribution in [1.29, 1.82) is 0 Å². The predicted molar refractivity (Wildman–Crippen MR) is 133 cm³/mol. The summed E-state index contributed by atoms with van der Waals surface area (Å²) in [6.45, 7) is 8.08. The maximum atomic E-state index is 4.76. The molecule has 0 N–H and O–H groups in total. The van der Waals surface area contributed by atoms with Crippen molar-refractivity contribution < 1.29 is 32.8 Å². The summed E-state index contributed by atoms with van der Waals surface area (Å²) in [7, 11) is -0.458. The molecule has 0 saturated heterocycles. The van der Waals surface area contributed by atoms with E-state index in [-0.39, 0.29) is 32.8 Å². The summed E-state index contributed by atoms with van der Waals surface area (Å²) in [5, 5.41) is 4.21. The zero-order chi connectivity index (χ0) is 20.4. The van der Waals surface area contributed by atoms with Gasteiger partial charge in [-0.2, -0.15) is 0 Å². The van der Waals surface area contributed by atoms with Gasteiger partial charge in [0, 0.05) is 13.1 Å². The first-order chi connectivity index (χ1) is 13.6. The van der Waals surface area contributed by atoms with Gasteiger partial charge < -0.3 is 42.2 Å². The molecule has 3 aromatic carbocycles. The van der Waals surface area contributed by atoms with Crippen molar-refractivity contribution in [2.45, 2.75) is 20.8 Å². The molecule has 0 spiro atoms. The van der Waals surface area contributed by atoms with E-state index in [0.29, 0.717) is 4.32 Å². The van der Waals surface area contributed by atoms with Crippen molar-refractivity contribution in [3.63, 3.8) is 0 Å². The van der Waals surface area contributed by atoms with E-state index in [1.165, 1.54) is 21.5 Å². The molecule has 0 heterocycles. The maximum absolute atomic E-state index is 4.76. The largest absolute Gasteiger partial charge is 2.00 e. The summed E-state index contributed by atoms with van der Waals surface area (Å²) in [6.07, 6.45) is 0. The number of hydrogen-bond acceptors (Lipinski definition) is 2. The zero-order valence-electron chi connectivity index (χ0n) is 17.4. The Hall–Kier alpha value is -0.848. The number of halogens is 1. The molecule has 0 fully saturated rings. The van der Waals surface area contributed by atoms with Crippen LogP contribution >= 0.6 is 20.1 Å². The molecule has 0 saturated carbocycles. The Morgan fingerprint density at radius 2 is 1.13 bits per heavy atom. The minimum absolute atomic E-state index is 0. The van der Waals surface area contributed by atoms with E-state index in [1.54, 1.807) is 0 Å². The molecule has 6 heteroatoms. The van der Waals surface area contributed by atoms with Gasteiger partial charge >= 0.3 is 20.4 Å². The number of hydrogen-bond donors (Lipinski definition) is 0. The molecule has 0 atom stereocenters. The van der Waals surface area contributed by atoms with E-state index in [1.807, 2.05) is 18.7 Å². The van der Waals surface area contributed by atoms with Crippen molar-refractivity contribution in [3.05, 3.63) is 90.5 Å². The van der Waals surface area contributed by atoms with Gasteiger partial charge in [0.2, 0.25) is 0 Å². The molecule has 30 heavy (non-hydrogen) atoms. The molecule has 0 aliphatic carbocycles. The van der Waals surface area contributed by atoms with E-state index in [2.05, 4.69) is 91.9 Å². The number of aryl methyl sites for hydroxylation is 1. The van der Waals surface area contributed by atoms with Gasteiger partial charge in [0.1, 0.15) is 0 Å². The second-order valence-corrected chi connectivity index (χ2v) is 9.53. The summed E-state index contributed by atoms with van der Waals surface area (Å²) in [4.78, 5) is 1.96. The van der Waals surface area contributed by atoms with E-state index in [4.69, 9.17) is 24.8 Å². The molecule has 0 aliphatic heterocycles. The van der Waals surface area contributed by atoms with Crippen molar-refractivity contribution in [2.75, 3.05) is 13.1 Å². The Morgan fingerprint density at radius 3 is 1.43 bits per heavy atom. The van der Waals surface area contributed by atoms with Crippen LogP contribution in [0.4, 0.5) is 0 Å². The Balaban J connectivity index is 0.000000730. The molecule has 1 nitrogen and oxygen atoms in total. The average molecular weight is 566 g/mol. The number of nitrogens with zero attached hydrogens (tertiary/aromatic N) is 1. The maximum Gasteiger partial charge on any atom is 2.00 e. The summed E-state index contributed by atoms with van der Waals surface area (Å²) in [6, 6.07) is 30.5. The average Bonchev–Trinajstić information content (AvgIpc) is 2.72. The number of thiocarbonyl (C=S) groups is 1. The van der Waals surface area contributed by atoms with Gasteiger partial charge in [0.05, 0.1) is 0 Å². The van der Waals surface area contributed by atoms with Gasteiger partial charge in [-0.3, -0.25) is 0 Å². The molecular weight excluding hydrogens is 539 g/mol. The Bertz CT molecular complexity index is 805. The Kier molecular flexibility index (Phi) is 15.4. The topological polar surface area (TPSA) is 3.24 Å². The minimum Gasteiger partial charge on any atom is -1.00 e. The third-order valence-electron chi connectivity index (χ3n) is 4.34. The zero-order valence-corrected chi connectivity index (χ0v) is 22.2. The van der Waals surface area contributed by atoms with Gasteiger partial charge in [-0.15, -0.1) is 0 Å². The van der Waals surface area contributed by atoms with Gasteiger partial charge in [0.15, 0.2) is 0 Å². The fourth-order valence-corrected chi connectivity index (χ4v) is 5.58. The van der Waals surface area contributed by atoms with Gasteiger partial charge in [-0.05, 0) is 44.6 Å². The monoisotopic (exact) mass is 565 g/mol. The van der Waals surface area contributed by atoms with Crippen LogP contribution in [0.5, 0.6) is 0 Å². The number of rotatable bonds is 5. The Labute approximate surface area is 213 Å². The van der Waals surface area contributed by atoms with Crippen LogP contribution in [0.15, 0.2) is 84.9 Å². The Morgan fingerprint density at radius 1 is 0.767 bits per heavy atom. The standard InChI is InChI=1S/C19H17P.C5H11NS2.ClH.Pd/c1-16-12-14-19(15-13-16)20(17-8-4-2-5-9-17)18-10-6-3-7-11-18;1-3-6(4-2)5(7)8;;/h2-15H,1H3;3-4H2,1-2H3,(H,7,8);1H;/q;;;+2/p-2. The fourth-order valence-electron chi connectivity index (χ4n) is 2.78. The molecule has 0 bridgehead atoms. The SMILES string of the molecule is CCN(CC)C(=S)[S-].Cc1ccc(P(c2ccccc2)c2ccccc2)cc1.[Cl-].[Pd+2]. The van der Waals surface area contributed by atoms with Gasteiger partial charge in [-0.1, -0.05) is 94.8 Å². The van der Waals surface area contributed by atoms with Crippen LogP contribution in [0.1, 0.15) is 19.4 Å².